The Morgan fingerprint density at radius 3 is 3.00 bits per heavy atom. The monoisotopic (exact) mass is 204 g/mol. The largest absolute Gasteiger partial charge is 0.457 e. The molecule has 1 aromatic carbocycles. The van der Waals surface area contributed by atoms with Crippen molar-refractivity contribution in [3.8, 4) is 0 Å². The van der Waals surface area contributed by atoms with Crippen LogP contribution in [0.15, 0.2) is 24.3 Å². The molecular formula is C12H12O3. The van der Waals surface area contributed by atoms with Crippen LogP contribution in [0.5, 0.6) is 0 Å². The minimum atomic E-state index is -0.225. The Labute approximate surface area is 87.7 Å². The summed E-state index contributed by atoms with van der Waals surface area (Å²) in [5.74, 6) is -0.349. The van der Waals surface area contributed by atoms with Crippen molar-refractivity contribution in [2.75, 3.05) is 6.61 Å². The molecule has 0 radical (unpaired) electrons. The van der Waals surface area contributed by atoms with E-state index in [-0.39, 0.29) is 30.5 Å². The van der Waals surface area contributed by atoms with Crippen LogP contribution in [-0.2, 0) is 16.0 Å². The number of carbonyl (C=O) groups is 1. The van der Waals surface area contributed by atoms with Crippen LogP contribution in [0.3, 0.4) is 0 Å². The number of ether oxygens (including phenoxy) is 1. The quantitative estimate of drug-likeness (QED) is 0.696. The molecule has 1 saturated heterocycles. The molecule has 15 heavy (non-hydrogen) atoms. The van der Waals surface area contributed by atoms with E-state index in [1.54, 1.807) is 0 Å². The fourth-order valence-electron chi connectivity index (χ4n) is 2.67. The van der Waals surface area contributed by atoms with Gasteiger partial charge in [-0.1, -0.05) is 24.3 Å². The zero-order valence-electron chi connectivity index (χ0n) is 8.22. The first-order valence-electron chi connectivity index (χ1n) is 5.20. The Morgan fingerprint density at radius 1 is 1.40 bits per heavy atom. The maximum absolute atomic E-state index is 11.6. The second kappa shape index (κ2) is 3.07. The number of aliphatic hydroxyl groups excluding tert-OH is 1. The van der Waals surface area contributed by atoms with Crippen LogP contribution < -0.4 is 0 Å². The Kier molecular flexibility index (Phi) is 1.83. The average Bonchev–Trinajstić information content (AvgIpc) is 2.49. The lowest BCUT2D eigenvalue weighted by atomic mass is 9.76. The lowest BCUT2D eigenvalue weighted by Gasteiger charge is -2.26. The van der Waals surface area contributed by atoms with Gasteiger partial charge in [0.05, 0.1) is 12.5 Å². The molecule has 0 spiro atoms. The van der Waals surface area contributed by atoms with Crippen molar-refractivity contribution < 1.29 is 14.6 Å². The molecule has 3 heteroatoms. The second-order valence-corrected chi connectivity index (χ2v) is 4.21. The van der Waals surface area contributed by atoms with Crippen LogP contribution in [0, 0.1) is 11.8 Å². The van der Waals surface area contributed by atoms with E-state index in [1.807, 2.05) is 24.3 Å². The molecule has 2 bridgehead atoms. The summed E-state index contributed by atoms with van der Waals surface area (Å²) in [7, 11) is 0. The van der Waals surface area contributed by atoms with Gasteiger partial charge in [-0.2, -0.15) is 0 Å². The highest BCUT2D eigenvalue weighted by atomic mass is 16.6. The van der Waals surface area contributed by atoms with Crippen molar-refractivity contribution in [3.05, 3.63) is 35.4 Å². The van der Waals surface area contributed by atoms with Crippen molar-refractivity contribution in [2.45, 2.75) is 12.5 Å². The lowest BCUT2D eigenvalue weighted by molar-refractivity contribution is -0.144. The number of fused-ring (bicyclic) bond motifs is 4. The number of aliphatic hydroxyl groups is 1. The summed E-state index contributed by atoms with van der Waals surface area (Å²) in [5.41, 5.74) is 2.25. The van der Waals surface area contributed by atoms with Crippen LogP contribution in [0.1, 0.15) is 17.2 Å². The number of carbonyl (C=O) groups excluding carboxylic acids is 1. The topological polar surface area (TPSA) is 46.5 Å². The predicted octanol–water partition coefficient (Wildman–Crippen LogP) is 1.07. The van der Waals surface area contributed by atoms with E-state index in [0.29, 0.717) is 6.42 Å². The Morgan fingerprint density at radius 2 is 2.20 bits per heavy atom. The Balaban J connectivity index is 2.10. The third-order valence-electron chi connectivity index (χ3n) is 3.46. The first-order valence-corrected chi connectivity index (χ1v) is 5.20. The van der Waals surface area contributed by atoms with E-state index in [9.17, 15) is 9.90 Å². The van der Waals surface area contributed by atoms with Gasteiger partial charge in [-0.15, -0.1) is 0 Å². The van der Waals surface area contributed by atoms with Gasteiger partial charge in [0.25, 0.3) is 0 Å². The van der Waals surface area contributed by atoms with E-state index in [1.165, 1.54) is 5.56 Å². The molecule has 3 nitrogen and oxygen atoms in total. The normalized spacial score (nSPS) is 32.3. The van der Waals surface area contributed by atoms with Crippen LogP contribution in [-0.4, -0.2) is 17.7 Å². The van der Waals surface area contributed by atoms with Crippen molar-refractivity contribution in [3.63, 3.8) is 0 Å². The molecule has 0 amide bonds. The van der Waals surface area contributed by atoms with Crippen molar-refractivity contribution in [2.24, 2.45) is 11.8 Å². The maximum Gasteiger partial charge on any atom is 0.310 e. The number of hydrogen-bond acceptors (Lipinski definition) is 3. The molecule has 0 saturated carbocycles. The van der Waals surface area contributed by atoms with Crippen LogP contribution in [0.2, 0.25) is 0 Å². The van der Waals surface area contributed by atoms with Gasteiger partial charge in [-0.25, -0.2) is 0 Å². The van der Waals surface area contributed by atoms with Gasteiger partial charge in [-0.05, 0) is 17.5 Å². The fraction of sp³-hybridized carbons (Fsp3) is 0.417. The molecule has 0 unspecified atom stereocenters. The summed E-state index contributed by atoms with van der Waals surface area (Å²) in [4.78, 5) is 11.6. The van der Waals surface area contributed by atoms with Crippen molar-refractivity contribution in [1.29, 1.82) is 0 Å². The molecule has 1 aliphatic heterocycles. The molecule has 2 aliphatic rings. The van der Waals surface area contributed by atoms with Gasteiger partial charge < -0.3 is 9.84 Å². The lowest BCUT2D eigenvalue weighted by Crippen LogP contribution is -2.27. The Bertz CT molecular complexity index is 413. The average molecular weight is 204 g/mol. The van der Waals surface area contributed by atoms with Crippen LogP contribution >= 0.6 is 0 Å². The number of esters is 1. The first-order chi connectivity index (χ1) is 7.31. The molecule has 1 aliphatic carbocycles. The van der Waals surface area contributed by atoms with Crippen LogP contribution in [0.25, 0.3) is 0 Å². The van der Waals surface area contributed by atoms with E-state index in [2.05, 4.69) is 0 Å². The summed E-state index contributed by atoms with van der Waals surface area (Å²) in [5, 5.41) is 9.28. The molecule has 0 aromatic heterocycles. The van der Waals surface area contributed by atoms with Crippen molar-refractivity contribution >= 4 is 5.97 Å². The SMILES string of the molecule is O=C1O[C@@H]2c3ccccc3C[C@H]1[C@@H]2CO. The molecule has 1 heterocycles. The third kappa shape index (κ3) is 1.13. The van der Waals surface area contributed by atoms with E-state index in [0.717, 1.165) is 5.56 Å². The minimum Gasteiger partial charge on any atom is -0.457 e. The molecule has 3 rings (SSSR count). The molecule has 3 atom stereocenters. The smallest absolute Gasteiger partial charge is 0.310 e. The minimum absolute atomic E-state index is 0.0232. The van der Waals surface area contributed by atoms with E-state index < -0.39 is 0 Å². The second-order valence-electron chi connectivity index (χ2n) is 4.21. The zero-order valence-corrected chi connectivity index (χ0v) is 8.22. The summed E-state index contributed by atoms with van der Waals surface area (Å²) in [6.45, 7) is 0.0232. The van der Waals surface area contributed by atoms with Crippen molar-refractivity contribution in [1.82, 2.24) is 0 Å². The Hall–Kier alpha value is -1.35. The molecule has 1 aromatic rings. The van der Waals surface area contributed by atoms with Crippen LogP contribution in [0.4, 0.5) is 0 Å². The summed E-state index contributed by atoms with van der Waals surface area (Å²) in [6.07, 6.45) is 0.481. The van der Waals surface area contributed by atoms with Gasteiger partial charge in [0, 0.05) is 5.92 Å². The number of hydrogen-bond donors (Lipinski definition) is 1. The van der Waals surface area contributed by atoms with E-state index >= 15 is 0 Å². The summed E-state index contributed by atoms with van der Waals surface area (Å²) < 4.78 is 5.32. The number of rotatable bonds is 1. The van der Waals surface area contributed by atoms with Gasteiger partial charge in [0.1, 0.15) is 6.10 Å². The first kappa shape index (κ1) is 8.92. The highest BCUT2D eigenvalue weighted by Gasteiger charge is 2.48. The molecular weight excluding hydrogens is 192 g/mol. The molecule has 78 valence electrons. The van der Waals surface area contributed by atoms with Gasteiger partial charge in [0.15, 0.2) is 0 Å². The fourth-order valence-corrected chi connectivity index (χ4v) is 2.67. The number of benzene rings is 1. The van der Waals surface area contributed by atoms with Gasteiger partial charge in [0.2, 0.25) is 0 Å². The van der Waals surface area contributed by atoms with Gasteiger partial charge >= 0.3 is 5.97 Å². The summed E-state index contributed by atoms with van der Waals surface area (Å²) >= 11 is 0. The predicted molar refractivity (Wildman–Crippen MR) is 53.0 cm³/mol. The van der Waals surface area contributed by atoms with Gasteiger partial charge in [-0.3, -0.25) is 4.79 Å². The highest BCUT2D eigenvalue weighted by Crippen LogP contribution is 2.46. The van der Waals surface area contributed by atoms with E-state index in [4.69, 9.17) is 4.74 Å². The zero-order chi connectivity index (χ0) is 10.4. The third-order valence-corrected chi connectivity index (χ3v) is 3.46. The molecule has 1 fully saturated rings. The maximum atomic E-state index is 11.6. The standard InChI is InChI=1S/C12H12O3/c13-6-10-9-5-7-3-1-2-4-8(7)11(10)15-12(9)14/h1-4,9-11,13H,5-6H2/t9-,10-,11+/m0/s1. The summed E-state index contributed by atoms with van der Waals surface area (Å²) in [6, 6.07) is 7.93. The molecule has 1 N–H and O–H groups in total. The highest BCUT2D eigenvalue weighted by molar-refractivity contribution is 5.77.